The van der Waals surface area contributed by atoms with E-state index in [-0.39, 0.29) is 12.4 Å². The molecular weight excluding hydrogens is 238 g/mol. The highest BCUT2D eigenvalue weighted by atomic mass is 16.6. The molecule has 18 heavy (non-hydrogen) atoms. The molecule has 1 unspecified atom stereocenters. The van der Waals surface area contributed by atoms with Crippen LogP contribution < -0.4 is 5.73 Å². The maximum atomic E-state index is 11.6. The van der Waals surface area contributed by atoms with Crippen molar-refractivity contribution >= 4 is 22.6 Å². The predicted molar refractivity (Wildman–Crippen MR) is 64.0 cm³/mol. The molecule has 0 saturated heterocycles. The number of aliphatic hydroxyl groups is 2. The van der Waals surface area contributed by atoms with Gasteiger partial charge in [0.1, 0.15) is 18.3 Å². The lowest BCUT2D eigenvalue weighted by Gasteiger charge is -2.06. The third kappa shape index (κ3) is 2.61. The zero-order chi connectivity index (χ0) is 13.1. The lowest BCUT2D eigenvalue weighted by Crippen LogP contribution is -2.21. The van der Waals surface area contributed by atoms with Crippen LogP contribution in [0.15, 0.2) is 28.7 Å². The van der Waals surface area contributed by atoms with Crippen LogP contribution in [-0.2, 0) is 4.74 Å². The molecular formula is C12H13NO5. The Kier molecular flexibility index (Phi) is 3.50. The predicted octanol–water partition coefficient (Wildman–Crippen LogP) is 0.525. The van der Waals surface area contributed by atoms with Gasteiger partial charge in [-0.25, -0.2) is 4.79 Å². The summed E-state index contributed by atoms with van der Waals surface area (Å²) < 4.78 is 10.0. The topological polar surface area (TPSA) is 106 Å². The summed E-state index contributed by atoms with van der Waals surface area (Å²) in [5.41, 5.74) is 6.70. The molecule has 0 aliphatic carbocycles. The number of benzene rings is 1. The van der Waals surface area contributed by atoms with E-state index in [2.05, 4.69) is 0 Å². The van der Waals surface area contributed by atoms with Crippen molar-refractivity contribution < 1.29 is 24.2 Å². The molecule has 0 amide bonds. The minimum absolute atomic E-state index is 0.0285. The second kappa shape index (κ2) is 5.07. The summed E-state index contributed by atoms with van der Waals surface area (Å²) in [5.74, 6) is -0.669. The molecule has 0 aliphatic rings. The number of furan rings is 1. The standard InChI is InChI=1S/C12H13NO5/c13-8-1-2-10-7(3-8)4-11(18-10)12(16)17-6-9(15)5-14/h1-4,9,14-15H,5-6,13H2. The largest absolute Gasteiger partial charge is 0.457 e. The molecule has 0 bridgehead atoms. The van der Waals surface area contributed by atoms with Crippen molar-refractivity contribution in [3.8, 4) is 0 Å². The van der Waals surface area contributed by atoms with Crippen LogP contribution >= 0.6 is 0 Å². The van der Waals surface area contributed by atoms with Crippen LogP contribution in [0.5, 0.6) is 0 Å². The maximum absolute atomic E-state index is 11.6. The fourth-order valence-electron chi connectivity index (χ4n) is 1.46. The SMILES string of the molecule is Nc1ccc2oc(C(=O)OCC(O)CO)cc2c1. The van der Waals surface area contributed by atoms with Crippen molar-refractivity contribution in [3.63, 3.8) is 0 Å². The average molecular weight is 251 g/mol. The molecule has 6 heteroatoms. The fraction of sp³-hybridized carbons (Fsp3) is 0.250. The quantitative estimate of drug-likeness (QED) is 0.540. The molecule has 0 radical (unpaired) electrons. The summed E-state index contributed by atoms with van der Waals surface area (Å²) in [6.45, 7) is -0.752. The molecule has 0 spiro atoms. The third-order valence-electron chi connectivity index (χ3n) is 2.36. The van der Waals surface area contributed by atoms with Crippen molar-refractivity contribution in [2.75, 3.05) is 18.9 Å². The van der Waals surface area contributed by atoms with Gasteiger partial charge in [-0.1, -0.05) is 0 Å². The van der Waals surface area contributed by atoms with Gasteiger partial charge in [-0.05, 0) is 24.3 Å². The van der Waals surface area contributed by atoms with Crippen LogP contribution in [0.1, 0.15) is 10.6 Å². The van der Waals surface area contributed by atoms with Gasteiger partial charge in [0.05, 0.1) is 6.61 Å². The Morgan fingerprint density at radius 1 is 1.44 bits per heavy atom. The Morgan fingerprint density at radius 3 is 2.94 bits per heavy atom. The Hall–Kier alpha value is -2.05. The van der Waals surface area contributed by atoms with Crippen LogP contribution in [0.25, 0.3) is 11.0 Å². The van der Waals surface area contributed by atoms with E-state index in [4.69, 9.17) is 25.1 Å². The lowest BCUT2D eigenvalue weighted by atomic mass is 10.2. The molecule has 96 valence electrons. The summed E-state index contributed by atoms with van der Waals surface area (Å²) in [6, 6.07) is 6.51. The molecule has 0 saturated carbocycles. The Labute approximate surface area is 103 Å². The first-order chi connectivity index (χ1) is 8.60. The lowest BCUT2D eigenvalue weighted by molar-refractivity contribution is 0.00723. The van der Waals surface area contributed by atoms with E-state index in [1.54, 1.807) is 18.2 Å². The monoisotopic (exact) mass is 251 g/mol. The van der Waals surface area contributed by atoms with Crippen LogP contribution in [0, 0.1) is 0 Å². The highest BCUT2D eigenvalue weighted by Crippen LogP contribution is 2.22. The maximum Gasteiger partial charge on any atom is 0.374 e. The van der Waals surface area contributed by atoms with Crippen LogP contribution in [0.3, 0.4) is 0 Å². The van der Waals surface area contributed by atoms with Crippen molar-refractivity contribution in [2.45, 2.75) is 6.10 Å². The van der Waals surface area contributed by atoms with Gasteiger partial charge in [-0.3, -0.25) is 0 Å². The smallest absolute Gasteiger partial charge is 0.374 e. The van der Waals surface area contributed by atoms with Gasteiger partial charge in [0.2, 0.25) is 5.76 Å². The average Bonchev–Trinajstić information content (AvgIpc) is 2.78. The van der Waals surface area contributed by atoms with Gasteiger partial charge in [0, 0.05) is 11.1 Å². The van der Waals surface area contributed by atoms with Crippen molar-refractivity contribution in [1.29, 1.82) is 0 Å². The molecule has 2 rings (SSSR count). The normalized spacial score (nSPS) is 12.6. The van der Waals surface area contributed by atoms with Gasteiger partial charge in [-0.15, -0.1) is 0 Å². The molecule has 6 nitrogen and oxygen atoms in total. The summed E-state index contributed by atoms with van der Waals surface area (Å²) in [7, 11) is 0. The molecule has 4 N–H and O–H groups in total. The summed E-state index contributed by atoms with van der Waals surface area (Å²) in [6.07, 6.45) is -1.09. The molecule has 1 heterocycles. The van der Waals surface area contributed by atoms with E-state index >= 15 is 0 Å². The summed E-state index contributed by atoms with van der Waals surface area (Å²) >= 11 is 0. The van der Waals surface area contributed by atoms with Gasteiger partial charge < -0.3 is 25.1 Å². The molecule has 1 aromatic heterocycles. The number of esters is 1. The van der Waals surface area contributed by atoms with Crippen LogP contribution in [0.4, 0.5) is 5.69 Å². The Bertz CT molecular complexity index is 563. The number of ether oxygens (including phenoxy) is 1. The van der Waals surface area contributed by atoms with Crippen LogP contribution in [0.2, 0.25) is 0 Å². The van der Waals surface area contributed by atoms with Gasteiger partial charge >= 0.3 is 5.97 Å². The number of fused-ring (bicyclic) bond motifs is 1. The summed E-state index contributed by atoms with van der Waals surface area (Å²) in [5, 5.41) is 18.3. The van der Waals surface area contributed by atoms with Crippen molar-refractivity contribution in [1.82, 2.24) is 0 Å². The number of nitrogen functional groups attached to an aromatic ring is 1. The second-order valence-electron chi connectivity index (χ2n) is 3.84. The van der Waals surface area contributed by atoms with E-state index < -0.39 is 18.7 Å². The number of rotatable bonds is 4. The van der Waals surface area contributed by atoms with Gasteiger partial charge in [0.15, 0.2) is 0 Å². The van der Waals surface area contributed by atoms with Gasteiger partial charge in [0.25, 0.3) is 0 Å². The molecule has 0 fully saturated rings. The van der Waals surface area contributed by atoms with Crippen molar-refractivity contribution in [2.24, 2.45) is 0 Å². The van der Waals surface area contributed by atoms with Gasteiger partial charge in [-0.2, -0.15) is 0 Å². The third-order valence-corrected chi connectivity index (χ3v) is 2.36. The molecule has 0 aliphatic heterocycles. The second-order valence-corrected chi connectivity index (χ2v) is 3.84. The molecule has 1 atom stereocenters. The Balaban J connectivity index is 2.13. The highest BCUT2D eigenvalue weighted by Gasteiger charge is 2.15. The Morgan fingerprint density at radius 2 is 2.22 bits per heavy atom. The van der Waals surface area contributed by atoms with E-state index in [1.807, 2.05) is 0 Å². The first kappa shape index (κ1) is 12.4. The molecule has 2 aromatic rings. The summed E-state index contributed by atoms with van der Waals surface area (Å²) in [4.78, 5) is 11.6. The zero-order valence-electron chi connectivity index (χ0n) is 9.50. The number of hydrogen-bond donors (Lipinski definition) is 3. The minimum atomic E-state index is -1.09. The van der Waals surface area contributed by atoms with Crippen LogP contribution in [-0.4, -0.2) is 35.5 Å². The first-order valence-electron chi connectivity index (χ1n) is 5.35. The minimum Gasteiger partial charge on any atom is -0.457 e. The number of aliphatic hydroxyl groups excluding tert-OH is 2. The fourth-order valence-corrected chi connectivity index (χ4v) is 1.46. The molecule has 1 aromatic carbocycles. The van der Waals surface area contributed by atoms with E-state index in [1.165, 1.54) is 6.07 Å². The van der Waals surface area contributed by atoms with E-state index in [9.17, 15) is 4.79 Å². The van der Waals surface area contributed by atoms with E-state index in [0.717, 1.165) is 0 Å². The number of carbonyl (C=O) groups excluding carboxylic acids is 1. The van der Waals surface area contributed by atoms with E-state index in [0.29, 0.717) is 16.7 Å². The number of hydrogen-bond acceptors (Lipinski definition) is 6. The van der Waals surface area contributed by atoms with Crippen molar-refractivity contribution in [3.05, 3.63) is 30.0 Å². The number of nitrogens with two attached hydrogens (primary N) is 1. The zero-order valence-corrected chi connectivity index (χ0v) is 9.50. The number of anilines is 1. The number of carbonyl (C=O) groups is 1. The first-order valence-corrected chi connectivity index (χ1v) is 5.35. The highest BCUT2D eigenvalue weighted by molar-refractivity contribution is 5.93.